The van der Waals surface area contributed by atoms with Gasteiger partial charge in [0.1, 0.15) is 5.75 Å². The maximum atomic E-state index is 13.7. The molecule has 0 radical (unpaired) electrons. The number of alkyl halides is 6. The van der Waals surface area contributed by atoms with Crippen molar-refractivity contribution >= 4 is 35.2 Å². The summed E-state index contributed by atoms with van der Waals surface area (Å²) in [6, 6.07) is 5.11. The lowest BCUT2D eigenvalue weighted by Crippen LogP contribution is -2.40. The molecule has 2 aliphatic rings. The predicted molar refractivity (Wildman–Crippen MR) is 160 cm³/mol. The van der Waals surface area contributed by atoms with Crippen LogP contribution in [0.1, 0.15) is 63.1 Å². The number of fused-ring (bicyclic) bond motifs is 1. The van der Waals surface area contributed by atoms with Crippen molar-refractivity contribution < 1.29 is 51.3 Å². The van der Waals surface area contributed by atoms with Crippen LogP contribution in [0.15, 0.2) is 53.1 Å². The Morgan fingerprint density at radius 2 is 1.63 bits per heavy atom. The second-order valence-corrected chi connectivity index (χ2v) is 12.4. The lowest BCUT2D eigenvalue weighted by molar-refractivity contribution is -0.143. The minimum Gasteiger partial charge on any atom is -0.508 e. The Balaban J connectivity index is 1.69. The standard InChI is InChI=1S/C33H34ClF6NO5/c1-4-17(9-18-6-7-22(43)13-26(18)34)5-8-27(44)28-23(16(2)3)14-24-29(25(28)15-42)31(46)41(30(24)45)21-11-19(32(35,36)37)10-20(12-21)33(38,39)40/h6-7,9-13,16,24-25,27,29,42-44H,4-5,8,14-15H2,1-3H3/b17-9+/t24-,25+,27-,29-/m1/s1. The van der Waals surface area contributed by atoms with Crippen LogP contribution in [0.5, 0.6) is 5.75 Å². The quantitative estimate of drug-likeness (QED) is 0.143. The lowest BCUT2D eigenvalue weighted by atomic mass is 9.66. The molecule has 1 heterocycles. The largest absolute Gasteiger partial charge is 0.508 e. The smallest absolute Gasteiger partial charge is 0.416 e. The first-order valence-electron chi connectivity index (χ1n) is 14.8. The van der Waals surface area contributed by atoms with Gasteiger partial charge in [-0.1, -0.05) is 49.6 Å². The molecule has 0 spiro atoms. The van der Waals surface area contributed by atoms with E-state index in [1.807, 2.05) is 13.0 Å². The monoisotopic (exact) mass is 673 g/mol. The number of carbonyl (C=O) groups excluding carboxylic acids is 2. The summed E-state index contributed by atoms with van der Waals surface area (Å²) in [5.41, 5.74) is -1.70. The fourth-order valence-electron chi connectivity index (χ4n) is 6.45. The van der Waals surface area contributed by atoms with Gasteiger partial charge in [-0.3, -0.25) is 9.59 Å². The summed E-state index contributed by atoms with van der Waals surface area (Å²) in [4.78, 5) is 27.7. The van der Waals surface area contributed by atoms with E-state index < -0.39 is 71.4 Å². The number of hydrogen-bond donors (Lipinski definition) is 3. The van der Waals surface area contributed by atoms with E-state index in [0.717, 1.165) is 5.57 Å². The normalized spacial score (nSPS) is 21.8. The summed E-state index contributed by atoms with van der Waals surface area (Å²) in [6.45, 7) is 4.81. The Hall–Kier alpha value is -3.35. The van der Waals surface area contributed by atoms with Gasteiger partial charge in [-0.2, -0.15) is 26.3 Å². The number of benzene rings is 2. The molecule has 1 fully saturated rings. The van der Waals surface area contributed by atoms with Crippen LogP contribution >= 0.6 is 11.6 Å². The van der Waals surface area contributed by atoms with Gasteiger partial charge in [0.15, 0.2) is 0 Å². The number of allylic oxidation sites excluding steroid dienone is 2. The maximum absolute atomic E-state index is 13.7. The molecule has 2 aromatic carbocycles. The highest BCUT2D eigenvalue weighted by atomic mass is 35.5. The van der Waals surface area contributed by atoms with Gasteiger partial charge < -0.3 is 15.3 Å². The molecule has 0 unspecified atom stereocenters. The molecule has 0 saturated carbocycles. The van der Waals surface area contributed by atoms with Crippen molar-refractivity contribution in [2.75, 3.05) is 11.5 Å². The zero-order valence-corrected chi connectivity index (χ0v) is 26.0. The number of rotatable bonds is 9. The Labute approximate surface area is 267 Å². The Bertz CT molecular complexity index is 1530. The number of anilines is 1. The fraction of sp³-hybridized carbons (Fsp3) is 0.455. The van der Waals surface area contributed by atoms with Gasteiger partial charge in [0.2, 0.25) is 11.8 Å². The SMILES string of the molecule is CC/C(=C\c1ccc(O)cc1Cl)CC[C@@H](O)C1=C(C(C)C)C[C@H]2C(=O)N(c3cc(C(F)(F)F)cc(C(F)(F)F)c3)C(=O)[C@H]2[C@H]1CO. The first kappa shape index (κ1) is 35.5. The van der Waals surface area contributed by atoms with Crippen molar-refractivity contribution in [3.8, 4) is 5.75 Å². The van der Waals surface area contributed by atoms with E-state index >= 15 is 0 Å². The molecule has 3 N–H and O–H groups in total. The number of phenols is 1. The van der Waals surface area contributed by atoms with E-state index in [4.69, 9.17) is 11.6 Å². The highest BCUT2D eigenvalue weighted by Gasteiger charge is 2.56. The molecule has 250 valence electrons. The van der Waals surface area contributed by atoms with E-state index in [9.17, 15) is 51.3 Å². The van der Waals surface area contributed by atoms with Crippen LogP contribution in [-0.2, 0) is 21.9 Å². The Morgan fingerprint density at radius 1 is 1.02 bits per heavy atom. The summed E-state index contributed by atoms with van der Waals surface area (Å²) in [7, 11) is 0. The van der Waals surface area contributed by atoms with Crippen molar-refractivity contribution in [2.24, 2.45) is 23.7 Å². The highest BCUT2D eigenvalue weighted by molar-refractivity contribution is 6.32. The zero-order valence-electron chi connectivity index (χ0n) is 25.2. The molecule has 1 aliphatic heterocycles. The number of halogens is 7. The summed E-state index contributed by atoms with van der Waals surface area (Å²) in [5, 5.41) is 32.0. The molecule has 2 amide bonds. The van der Waals surface area contributed by atoms with Crippen LogP contribution in [0.25, 0.3) is 6.08 Å². The molecule has 0 aromatic heterocycles. The van der Waals surface area contributed by atoms with Crippen LogP contribution < -0.4 is 4.90 Å². The number of hydrogen-bond acceptors (Lipinski definition) is 5. The summed E-state index contributed by atoms with van der Waals surface area (Å²) in [6.07, 6.45) is -8.67. The predicted octanol–water partition coefficient (Wildman–Crippen LogP) is 7.79. The third-order valence-electron chi connectivity index (χ3n) is 8.74. The summed E-state index contributed by atoms with van der Waals surface area (Å²) in [5.74, 6) is -5.81. The maximum Gasteiger partial charge on any atom is 0.416 e. The van der Waals surface area contributed by atoms with Gasteiger partial charge in [0.25, 0.3) is 0 Å². The van der Waals surface area contributed by atoms with Gasteiger partial charge in [-0.25, -0.2) is 4.90 Å². The van der Waals surface area contributed by atoms with Gasteiger partial charge >= 0.3 is 12.4 Å². The topological polar surface area (TPSA) is 98.1 Å². The van der Waals surface area contributed by atoms with E-state index in [1.54, 1.807) is 19.9 Å². The van der Waals surface area contributed by atoms with E-state index in [2.05, 4.69) is 0 Å². The number of carbonyl (C=O) groups is 2. The van der Waals surface area contributed by atoms with Crippen molar-refractivity contribution in [2.45, 2.75) is 64.9 Å². The number of aromatic hydroxyl groups is 1. The second kappa shape index (κ2) is 13.4. The van der Waals surface area contributed by atoms with Crippen LogP contribution in [0.4, 0.5) is 32.0 Å². The number of amides is 2. The highest BCUT2D eigenvalue weighted by Crippen LogP contribution is 2.50. The third-order valence-corrected chi connectivity index (χ3v) is 9.07. The molecule has 2 aromatic rings. The number of phenolic OH excluding ortho intramolecular Hbond substituents is 1. The second-order valence-electron chi connectivity index (χ2n) is 12.0. The molecule has 1 aliphatic carbocycles. The van der Waals surface area contributed by atoms with Gasteiger partial charge in [-0.05, 0) is 79.1 Å². The van der Waals surface area contributed by atoms with E-state index in [0.29, 0.717) is 51.6 Å². The van der Waals surface area contributed by atoms with Crippen LogP contribution in [0.2, 0.25) is 5.02 Å². The molecular weight excluding hydrogens is 640 g/mol. The first-order chi connectivity index (χ1) is 21.4. The number of nitrogens with zero attached hydrogens (tertiary/aromatic N) is 1. The Kier molecular flexibility index (Phi) is 10.3. The molecular formula is C33H34ClF6NO5. The zero-order chi connectivity index (χ0) is 34.3. The van der Waals surface area contributed by atoms with Crippen LogP contribution in [-0.4, -0.2) is 39.8 Å². The van der Waals surface area contributed by atoms with Gasteiger partial charge in [0, 0.05) is 5.92 Å². The minimum absolute atomic E-state index is 0.00165. The number of aliphatic hydroxyl groups is 2. The molecule has 4 rings (SSSR count). The minimum atomic E-state index is -5.19. The number of imide groups is 1. The van der Waals surface area contributed by atoms with E-state index in [1.165, 1.54) is 12.1 Å². The Morgan fingerprint density at radius 3 is 2.13 bits per heavy atom. The number of aliphatic hydroxyl groups excluding tert-OH is 2. The summed E-state index contributed by atoms with van der Waals surface area (Å²) < 4.78 is 81.5. The van der Waals surface area contributed by atoms with Crippen molar-refractivity contribution in [3.63, 3.8) is 0 Å². The summed E-state index contributed by atoms with van der Waals surface area (Å²) >= 11 is 6.24. The molecule has 0 bridgehead atoms. The third kappa shape index (κ3) is 7.13. The van der Waals surface area contributed by atoms with Crippen LogP contribution in [0.3, 0.4) is 0 Å². The fourth-order valence-corrected chi connectivity index (χ4v) is 6.68. The molecule has 13 heteroatoms. The van der Waals surface area contributed by atoms with Crippen molar-refractivity contribution in [3.05, 3.63) is 74.8 Å². The van der Waals surface area contributed by atoms with Gasteiger partial charge in [-0.15, -0.1) is 0 Å². The molecule has 6 nitrogen and oxygen atoms in total. The molecule has 4 atom stereocenters. The van der Waals surface area contributed by atoms with E-state index in [-0.39, 0.29) is 30.6 Å². The average Bonchev–Trinajstić information content (AvgIpc) is 3.22. The first-order valence-corrected chi connectivity index (χ1v) is 15.1. The molecule has 46 heavy (non-hydrogen) atoms. The van der Waals surface area contributed by atoms with Gasteiger partial charge in [0.05, 0.1) is 46.4 Å². The lowest BCUT2D eigenvalue weighted by Gasteiger charge is -2.38. The molecule has 1 saturated heterocycles. The van der Waals surface area contributed by atoms with Crippen LogP contribution in [0, 0.1) is 23.7 Å². The average molecular weight is 674 g/mol. The van der Waals surface area contributed by atoms with Crippen molar-refractivity contribution in [1.29, 1.82) is 0 Å². The van der Waals surface area contributed by atoms with Crippen molar-refractivity contribution in [1.82, 2.24) is 0 Å².